The molecule has 0 saturated heterocycles. The predicted molar refractivity (Wildman–Crippen MR) is 52.1 cm³/mol. The van der Waals surface area contributed by atoms with Crippen LogP contribution in [-0.4, -0.2) is 31.0 Å². The van der Waals surface area contributed by atoms with Crippen molar-refractivity contribution < 1.29 is 31.0 Å². The molecule has 0 aromatic heterocycles. The molecule has 0 aliphatic heterocycles. The van der Waals surface area contributed by atoms with Crippen LogP contribution >= 0.6 is 0 Å². The van der Waals surface area contributed by atoms with Crippen LogP contribution in [0.25, 0.3) is 0 Å². The number of anilines is 1. The van der Waals surface area contributed by atoms with Crippen molar-refractivity contribution in [1.82, 2.24) is 0 Å². The van der Waals surface area contributed by atoms with Crippen LogP contribution in [0.4, 0.5) is 5.69 Å². The van der Waals surface area contributed by atoms with Crippen LogP contribution in [0.5, 0.6) is 5.75 Å². The Balaban J connectivity index is 3.72. The first-order chi connectivity index (χ1) is 7.03. The minimum atomic E-state index is -4.84. The van der Waals surface area contributed by atoms with E-state index in [4.69, 9.17) is 14.8 Å². The van der Waals surface area contributed by atoms with Crippen molar-refractivity contribution >= 4 is 25.9 Å². The zero-order chi connectivity index (χ0) is 12.7. The molecule has 0 heterocycles. The van der Waals surface area contributed by atoms with Crippen molar-refractivity contribution in [1.29, 1.82) is 0 Å². The van der Waals surface area contributed by atoms with Gasteiger partial charge in [0.2, 0.25) is 0 Å². The average molecular weight is 269 g/mol. The topological polar surface area (TPSA) is 155 Å². The zero-order valence-corrected chi connectivity index (χ0v) is 9.16. The second-order valence-corrected chi connectivity index (χ2v) is 5.62. The Morgan fingerprint density at radius 3 is 1.88 bits per heavy atom. The van der Waals surface area contributed by atoms with E-state index in [9.17, 15) is 21.9 Å². The van der Waals surface area contributed by atoms with E-state index in [1.807, 2.05) is 0 Å². The van der Waals surface area contributed by atoms with E-state index in [-0.39, 0.29) is 0 Å². The van der Waals surface area contributed by atoms with Crippen molar-refractivity contribution in [3.8, 4) is 5.75 Å². The highest BCUT2D eigenvalue weighted by atomic mass is 32.2. The molecule has 0 spiro atoms. The monoisotopic (exact) mass is 269 g/mol. The summed E-state index contributed by atoms with van der Waals surface area (Å²) in [5.41, 5.74) is 4.51. The highest BCUT2D eigenvalue weighted by Gasteiger charge is 2.22. The second kappa shape index (κ2) is 3.59. The van der Waals surface area contributed by atoms with Gasteiger partial charge in [-0.3, -0.25) is 9.11 Å². The smallest absolute Gasteiger partial charge is 0.298 e. The summed E-state index contributed by atoms with van der Waals surface area (Å²) in [5.74, 6) is -0.991. The van der Waals surface area contributed by atoms with E-state index >= 15 is 0 Å². The molecular formula is C6H7NO7S2. The third-order valence-electron chi connectivity index (χ3n) is 1.65. The van der Waals surface area contributed by atoms with Gasteiger partial charge in [0.1, 0.15) is 4.90 Å². The summed E-state index contributed by atoms with van der Waals surface area (Å²) in [7, 11) is -9.54. The standard InChI is InChI=1S/C6H7NO7S2/c7-4-1-3(15(9,10)11)2-5(6(4)8)16(12,13)14/h1-2,8H,7H2,(H,9,10,11)(H,12,13,14). The lowest BCUT2D eigenvalue weighted by Crippen LogP contribution is -2.05. The maximum Gasteiger partial charge on any atom is 0.298 e. The first kappa shape index (κ1) is 12.7. The van der Waals surface area contributed by atoms with Gasteiger partial charge in [-0.05, 0) is 12.1 Å². The predicted octanol–water partition coefficient (Wildman–Crippen LogP) is -0.532. The summed E-state index contributed by atoms with van der Waals surface area (Å²) >= 11 is 0. The largest absolute Gasteiger partial charge is 0.504 e. The lowest BCUT2D eigenvalue weighted by Gasteiger charge is -2.06. The average Bonchev–Trinajstić information content (AvgIpc) is 2.05. The first-order valence-corrected chi connectivity index (χ1v) is 6.49. The number of phenols is 1. The summed E-state index contributed by atoms with van der Waals surface area (Å²) in [5, 5.41) is 9.18. The number of phenolic OH excluding ortho intramolecular Hbond substituents is 1. The molecule has 0 amide bonds. The number of aromatic hydroxyl groups is 1. The Labute approximate surface area is 90.8 Å². The lowest BCUT2D eigenvalue weighted by molar-refractivity contribution is 0.444. The van der Waals surface area contributed by atoms with E-state index in [1.165, 1.54) is 0 Å². The summed E-state index contributed by atoms with van der Waals surface area (Å²) in [6.45, 7) is 0. The van der Waals surface area contributed by atoms with Crippen molar-refractivity contribution in [3.05, 3.63) is 12.1 Å². The maximum atomic E-state index is 10.7. The van der Waals surface area contributed by atoms with E-state index in [2.05, 4.69) is 0 Å². The van der Waals surface area contributed by atoms with Gasteiger partial charge in [0.15, 0.2) is 5.75 Å². The fourth-order valence-corrected chi connectivity index (χ4v) is 2.20. The molecule has 0 fully saturated rings. The molecule has 90 valence electrons. The highest BCUT2D eigenvalue weighted by molar-refractivity contribution is 7.86. The number of hydrogen-bond acceptors (Lipinski definition) is 6. The van der Waals surface area contributed by atoms with E-state index in [0.717, 1.165) is 0 Å². The number of hydrogen-bond donors (Lipinski definition) is 4. The van der Waals surface area contributed by atoms with E-state index < -0.39 is 41.5 Å². The lowest BCUT2D eigenvalue weighted by atomic mass is 10.3. The van der Waals surface area contributed by atoms with Gasteiger partial charge in [0, 0.05) is 0 Å². The summed E-state index contributed by atoms with van der Waals surface area (Å²) in [6, 6.07) is 1.04. The molecule has 0 aliphatic rings. The van der Waals surface area contributed by atoms with Crippen LogP contribution < -0.4 is 5.73 Å². The molecule has 0 atom stereocenters. The normalized spacial score (nSPS) is 12.6. The molecule has 5 N–H and O–H groups in total. The highest BCUT2D eigenvalue weighted by Crippen LogP contribution is 2.31. The van der Waals surface area contributed by atoms with Crippen LogP contribution in [0.2, 0.25) is 0 Å². The molecule has 1 aromatic carbocycles. The van der Waals surface area contributed by atoms with Gasteiger partial charge >= 0.3 is 0 Å². The van der Waals surface area contributed by atoms with E-state index in [0.29, 0.717) is 12.1 Å². The molecule has 1 rings (SSSR count). The van der Waals surface area contributed by atoms with E-state index in [1.54, 1.807) is 0 Å². The van der Waals surface area contributed by atoms with Crippen LogP contribution in [-0.2, 0) is 20.2 Å². The summed E-state index contributed by atoms with van der Waals surface area (Å²) in [6.07, 6.45) is 0. The van der Waals surface area contributed by atoms with Gasteiger partial charge < -0.3 is 10.8 Å². The third-order valence-corrected chi connectivity index (χ3v) is 3.35. The molecule has 8 nitrogen and oxygen atoms in total. The van der Waals surface area contributed by atoms with Gasteiger partial charge in [-0.25, -0.2) is 0 Å². The summed E-state index contributed by atoms with van der Waals surface area (Å²) in [4.78, 5) is -1.95. The van der Waals surface area contributed by atoms with Gasteiger partial charge in [0.05, 0.1) is 10.6 Å². The molecular weight excluding hydrogens is 262 g/mol. The van der Waals surface area contributed by atoms with Crippen LogP contribution in [0.3, 0.4) is 0 Å². The number of rotatable bonds is 2. The fraction of sp³-hybridized carbons (Fsp3) is 0. The van der Waals surface area contributed by atoms with Crippen LogP contribution in [0.1, 0.15) is 0 Å². The molecule has 10 heteroatoms. The Morgan fingerprint density at radius 1 is 1.00 bits per heavy atom. The first-order valence-electron chi connectivity index (χ1n) is 3.61. The van der Waals surface area contributed by atoms with Gasteiger partial charge in [0.25, 0.3) is 20.2 Å². The van der Waals surface area contributed by atoms with Gasteiger partial charge in [-0.15, -0.1) is 0 Å². The molecule has 0 unspecified atom stereocenters. The molecule has 1 aromatic rings. The molecule has 0 bridgehead atoms. The Kier molecular flexibility index (Phi) is 2.85. The number of nitrogen functional groups attached to an aromatic ring is 1. The van der Waals surface area contributed by atoms with Gasteiger partial charge in [-0.2, -0.15) is 16.8 Å². The van der Waals surface area contributed by atoms with Crippen molar-refractivity contribution in [2.24, 2.45) is 0 Å². The van der Waals surface area contributed by atoms with Gasteiger partial charge in [-0.1, -0.05) is 0 Å². The molecule has 16 heavy (non-hydrogen) atoms. The van der Waals surface area contributed by atoms with Crippen molar-refractivity contribution in [2.45, 2.75) is 9.79 Å². The molecule has 0 radical (unpaired) electrons. The number of benzene rings is 1. The van der Waals surface area contributed by atoms with Crippen LogP contribution in [0, 0.1) is 0 Å². The quantitative estimate of drug-likeness (QED) is 0.317. The Bertz CT molecular complexity index is 631. The van der Waals surface area contributed by atoms with Crippen molar-refractivity contribution in [3.63, 3.8) is 0 Å². The third kappa shape index (κ3) is 2.41. The zero-order valence-electron chi connectivity index (χ0n) is 7.52. The maximum absolute atomic E-state index is 10.7. The molecule has 0 saturated carbocycles. The summed E-state index contributed by atoms with van der Waals surface area (Å²) < 4.78 is 60.2. The number of nitrogens with two attached hydrogens (primary N) is 1. The SMILES string of the molecule is Nc1cc(S(=O)(=O)O)cc(S(=O)(=O)O)c1O. The minimum Gasteiger partial charge on any atom is -0.504 e. The van der Waals surface area contributed by atoms with Crippen molar-refractivity contribution in [2.75, 3.05) is 5.73 Å². The van der Waals surface area contributed by atoms with Crippen LogP contribution in [0.15, 0.2) is 21.9 Å². The Morgan fingerprint density at radius 2 is 1.50 bits per heavy atom. The fourth-order valence-electron chi connectivity index (χ4n) is 0.949. The molecule has 0 aliphatic carbocycles. The Hall–Kier alpha value is -1.36. The minimum absolute atomic E-state index is 0.385. The second-order valence-electron chi connectivity index (χ2n) is 2.81.